The Morgan fingerprint density at radius 1 is 0.906 bits per heavy atom. The molecule has 1 unspecified atom stereocenters. The van der Waals surface area contributed by atoms with Crippen molar-refractivity contribution in [1.82, 2.24) is 4.31 Å². The van der Waals surface area contributed by atoms with Crippen LogP contribution in [0.1, 0.15) is 42.1 Å². The summed E-state index contributed by atoms with van der Waals surface area (Å²) in [6.45, 7) is 7.94. The Morgan fingerprint density at radius 2 is 1.44 bits per heavy atom. The molecular weight excluding hydrogens is 440 g/mol. The van der Waals surface area contributed by atoms with Gasteiger partial charge >= 0.3 is 0 Å². The van der Waals surface area contributed by atoms with E-state index in [4.69, 9.17) is 16.6 Å². The van der Waals surface area contributed by atoms with E-state index >= 15 is 0 Å². The van der Waals surface area contributed by atoms with E-state index in [2.05, 4.69) is 0 Å². The van der Waals surface area contributed by atoms with Gasteiger partial charge in [-0.1, -0.05) is 89.5 Å². The van der Waals surface area contributed by atoms with E-state index in [1.54, 1.807) is 30.3 Å². The molecule has 0 radical (unpaired) electrons. The number of alkyl halides is 1. The van der Waals surface area contributed by atoms with Crippen LogP contribution in [0.2, 0.25) is 0 Å². The summed E-state index contributed by atoms with van der Waals surface area (Å²) in [4.78, 5) is 3.74. The van der Waals surface area contributed by atoms with E-state index in [0.717, 1.165) is 22.3 Å². The number of rotatable bonds is 6. The number of halogens is 1. The first kappa shape index (κ1) is 22.7. The molecule has 0 aliphatic carbocycles. The van der Waals surface area contributed by atoms with E-state index in [9.17, 15) is 8.42 Å². The van der Waals surface area contributed by atoms with Gasteiger partial charge in [-0.25, -0.2) is 8.42 Å². The van der Waals surface area contributed by atoms with Crippen molar-refractivity contribution in [1.29, 1.82) is 0 Å². The lowest BCUT2D eigenvalue weighted by Crippen LogP contribution is -2.29. The van der Waals surface area contributed by atoms with Crippen LogP contribution in [0, 0.1) is 13.8 Å². The summed E-state index contributed by atoms with van der Waals surface area (Å²) < 4.78 is 28.8. The zero-order chi connectivity index (χ0) is 23.1. The standard InChI is InChI=1S/C26H27ClN2O2S/c1-18(2)28-24(21-14-10-19(3)11-15-21)26(27)25(22-16-12-20(4)13-17-22)29(26)32(30,31)23-8-6-5-7-9-23/h5-18,25H,1-4H3/t25-,26-,29?/m1/s1. The lowest BCUT2D eigenvalue weighted by atomic mass is 9.99. The number of aliphatic imine (C=N–C) groups is 1. The summed E-state index contributed by atoms with van der Waals surface area (Å²) in [5.41, 5.74) is 4.44. The Morgan fingerprint density at radius 3 is 1.97 bits per heavy atom. The third-order valence-corrected chi connectivity index (χ3v) is 8.14. The summed E-state index contributed by atoms with van der Waals surface area (Å²) >= 11 is 7.29. The van der Waals surface area contributed by atoms with E-state index in [0.29, 0.717) is 5.71 Å². The topological polar surface area (TPSA) is 49.5 Å². The molecule has 1 heterocycles. The van der Waals surface area contributed by atoms with Crippen LogP contribution in [-0.2, 0) is 10.0 Å². The van der Waals surface area contributed by atoms with Crippen molar-refractivity contribution in [3.05, 3.63) is 101 Å². The predicted molar refractivity (Wildman–Crippen MR) is 131 cm³/mol. The second kappa shape index (κ2) is 8.47. The summed E-state index contributed by atoms with van der Waals surface area (Å²) in [6, 6.07) is 23.6. The molecule has 4 nitrogen and oxygen atoms in total. The van der Waals surface area contributed by atoms with Gasteiger partial charge in [0.05, 0.1) is 16.6 Å². The fourth-order valence-electron chi connectivity index (χ4n) is 3.94. The van der Waals surface area contributed by atoms with Crippen molar-refractivity contribution >= 4 is 27.3 Å². The van der Waals surface area contributed by atoms with E-state index < -0.39 is 21.1 Å². The molecule has 0 N–H and O–H groups in total. The highest BCUT2D eigenvalue weighted by atomic mass is 35.5. The summed E-state index contributed by atoms with van der Waals surface area (Å²) in [7, 11) is -3.86. The average molecular weight is 467 g/mol. The van der Waals surface area contributed by atoms with Crippen molar-refractivity contribution in [2.24, 2.45) is 4.99 Å². The molecule has 4 rings (SSSR count). The molecule has 166 valence electrons. The first-order chi connectivity index (χ1) is 15.2. The normalized spacial score (nSPS) is 23.4. The molecule has 3 aromatic rings. The highest BCUT2D eigenvalue weighted by molar-refractivity contribution is 7.89. The van der Waals surface area contributed by atoms with Gasteiger partial charge in [0.25, 0.3) is 0 Å². The fraction of sp³-hybridized carbons (Fsp3) is 0.269. The molecule has 0 saturated carbocycles. The van der Waals surface area contributed by atoms with Gasteiger partial charge in [0, 0.05) is 6.04 Å². The minimum Gasteiger partial charge on any atom is -0.283 e. The van der Waals surface area contributed by atoms with Gasteiger partial charge in [-0.05, 0) is 51.0 Å². The number of benzene rings is 3. The maximum absolute atomic E-state index is 13.7. The number of hydrogen-bond acceptors (Lipinski definition) is 3. The first-order valence-electron chi connectivity index (χ1n) is 10.7. The van der Waals surface area contributed by atoms with E-state index in [1.807, 2.05) is 76.2 Å². The highest BCUT2D eigenvalue weighted by Crippen LogP contribution is 2.61. The second-order valence-electron chi connectivity index (χ2n) is 8.54. The Bertz CT molecular complexity index is 1240. The van der Waals surface area contributed by atoms with Crippen LogP contribution in [0.4, 0.5) is 0 Å². The summed E-state index contributed by atoms with van der Waals surface area (Å²) in [5.74, 6) is 0. The third-order valence-electron chi connectivity index (χ3n) is 5.59. The Hall–Kier alpha value is -2.47. The minimum atomic E-state index is -3.86. The molecule has 1 aliphatic heterocycles. The molecule has 3 aromatic carbocycles. The van der Waals surface area contributed by atoms with E-state index in [-0.39, 0.29) is 10.9 Å². The van der Waals surface area contributed by atoms with Gasteiger partial charge < -0.3 is 0 Å². The van der Waals surface area contributed by atoms with Crippen molar-refractivity contribution in [2.45, 2.75) is 49.7 Å². The van der Waals surface area contributed by atoms with Gasteiger partial charge in [0.15, 0.2) is 5.00 Å². The lowest BCUT2D eigenvalue weighted by molar-refractivity contribution is 0.549. The molecule has 0 aromatic heterocycles. The maximum atomic E-state index is 13.7. The van der Waals surface area contributed by atoms with Gasteiger partial charge in [0.2, 0.25) is 10.0 Å². The third kappa shape index (κ3) is 4.01. The summed E-state index contributed by atoms with van der Waals surface area (Å²) in [5, 5.41) is 0. The largest absolute Gasteiger partial charge is 0.283 e. The monoisotopic (exact) mass is 466 g/mol. The van der Waals surface area contributed by atoms with Crippen molar-refractivity contribution in [2.75, 3.05) is 0 Å². The van der Waals surface area contributed by atoms with Crippen LogP contribution in [0.15, 0.2) is 88.8 Å². The van der Waals surface area contributed by atoms with Crippen LogP contribution in [-0.4, -0.2) is 29.5 Å². The molecule has 1 saturated heterocycles. The molecule has 1 fully saturated rings. The first-order valence-corrected chi connectivity index (χ1v) is 12.5. The number of hydrogen-bond donors (Lipinski definition) is 0. The average Bonchev–Trinajstić information content (AvgIpc) is 3.41. The van der Waals surface area contributed by atoms with Gasteiger partial charge in [-0.2, -0.15) is 4.31 Å². The van der Waals surface area contributed by atoms with Gasteiger partial charge in [-0.3, -0.25) is 4.99 Å². The highest BCUT2D eigenvalue weighted by Gasteiger charge is 2.71. The SMILES string of the molecule is Cc1ccc(C(=NC(C)C)[C@]2(Cl)[C@@H](c3ccc(C)cc3)N2S(=O)(=O)c2ccccc2)cc1. The molecule has 32 heavy (non-hydrogen) atoms. The van der Waals surface area contributed by atoms with Crippen LogP contribution in [0.3, 0.4) is 0 Å². The molecule has 0 spiro atoms. The predicted octanol–water partition coefficient (Wildman–Crippen LogP) is 5.88. The Labute approximate surface area is 195 Å². The maximum Gasteiger partial charge on any atom is 0.245 e. The van der Waals surface area contributed by atoms with Crippen LogP contribution < -0.4 is 0 Å². The smallest absolute Gasteiger partial charge is 0.245 e. The lowest BCUT2D eigenvalue weighted by Gasteiger charge is -2.16. The zero-order valence-electron chi connectivity index (χ0n) is 18.7. The van der Waals surface area contributed by atoms with Crippen molar-refractivity contribution < 1.29 is 8.42 Å². The summed E-state index contributed by atoms with van der Waals surface area (Å²) in [6.07, 6.45) is 0. The number of sulfonamides is 1. The molecular formula is C26H27ClN2O2S. The van der Waals surface area contributed by atoms with Crippen LogP contribution in [0.25, 0.3) is 0 Å². The Kier molecular flexibility index (Phi) is 6.01. The second-order valence-corrected chi connectivity index (χ2v) is 10.9. The molecule has 0 bridgehead atoms. The molecule has 3 atom stereocenters. The van der Waals surface area contributed by atoms with Crippen LogP contribution >= 0.6 is 11.6 Å². The fourth-order valence-corrected chi connectivity index (χ4v) is 6.47. The molecule has 0 amide bonds. The minimum absolute atomic E-state index is 0.0533. The molecule has 6 heteroatoms. The van der Waals surface area contributed by atoms with E-state index in [1.165, 1.54) is 4.31 Å². The van der Waals surface area contributed by atoms with Crippen molar-refractivity contribution in [3.63, 3.8) is 0 Å². The number of aryl methyl sites for hydroxylation is 2. The Balaban J connectivity index is 1.90. The quantitative estimate of drug-likeness (QED) is 0.197. The number of nitrogens with zero attached hydrogens (tertiary/aromatic N) is 2. The zero-order valence-corrected chi connectivity index (χ0v) is 20.2. The van der Waals surface area contributed by atoms with Crippen molar-refractivity contribution in [3.8, 4) is 0 Å². The molecule has 1 aliphatic rings. The van der Waals surface area contributed by atoms with Gasteiger partial charge in [0.1, 0.15) is 0 Å². The van der Waals surface area contributed by atoms with Gasteiger partial charge in [-0.15, -0.1) is 0 Å². The van der Waals surface area contributed by atoms with Crippen LogP contribution in [0.5, 0.6) is 0 Å².